The zero-order valence-electron chi connectivity index (χ0n) is 16.5. The Hall–Kier alpha value is -1.53. The molecule has 1 amide bonds. The number of hydrogen-bond donors (Lipinski definition) is 1. The number of thioether (sulfide) groups is 1. The van der Waals surface area contributed by atoms with Crippen molar-refractivity contribution < 1.29 is 4.79 Å². The van der Waals surface area contributed by atoms with Crippen molar-refractivity contribution in [3.63, 3.8) is 0 Å². The molecule has 0 radical (unpaired) electrons. The Labute approximate surface area is 175 Å². The molecule has 0 bridgehead atoms. The van der Waals surface area contributed by atoms with Crippen molar-refractivity contribution >= 4 is 40.2 Å². The minimum atomic E-state index is -0.0310. The fraction of sp³-hybridized carbons (Fsp3) is 0.571. The van der Waals surface area contributed by atoms with Crippen LogP contribution in [0, 0.1) is 0 Å². The zero-order chi connectivity index (χ0) is 20.1. The van der Waals surface area contributed by atoms with Gasteiger partial charge in [-0.3, -0.25) is 14.2 Å². The number of amides is 1. The van der Waals surface area contributed by atoms with Gasteiger partial charge in [-0.1, -0.05) is 56.5 Å². The first-order valence-corrected chi connectivity index (χ1v) is 11.5. The van der Waals surface area contributed by atoms with E-state index >= 15 is 0 Å². The van der Waals surface area contributed by atoms with Crippen LogP contribution >= 0.6 is 23.4 Å². The number of nitrogens with one attached hydrogen (secondary N) is 1. The number of rotatable bonds is 7. The molecule has 2 aromatic rings. The molecule has 1 aliphatic rings. The van der Waals surface area contributed by atoms with Crippen molar-refractivity contribution in [2.75, 3.05) is 5.75 Å². The number of nitrogens with zero attached hydrogens (tertiary/aromatic N) is 2. The Balaban J connectivity index is 1.92. The van der Waals surface area contributed by atoms with Gasteiger partial charge in [-0.05, 0) is 43.9 Å². The molecule has 1 aliphatic carbocycles. The van der Waals surface area contributed by atoms with Gasteiger partial charge in [0.2, 0.25) is 5.91 Å². The molecule has 5 nitrogen and oxygen atoms in total. The Morgan fingerprint density at radius 3 is 2.68 bits per heavy atom. The van der Waals surface area contributed by atoms with Crippen LogP contribution in [0.1, 0.15) is 64.8 Å². The van der Waals surface area contributed by atoms with Crippen molar-refractivity contribution in [3.05, 3.63) is 33.6 Å². The van der Waals surface area contributed by atoms with Crippen molar-refractivity contribution in [2.24, 2.45) is 0 Å². The van der Waals surface area contributed by atoms with E-state index in [0.717, 1.165) is 38.5 Å². The third kappa shape index (κ3) is 4.90. The molecular formula is C21H28ClN3O2S. The second-order valence-electron chi connectivity index (χ2n) is 7.39. The van der Waals surface area contributed by atoms with Gasteiger partial charge in [0.05, 0.1) is 16.7 Å². The van der Waals surface area contributed by atoms with Crippen LogP contribution in [0.25, 0.3) is 10.9 Å². The Morgan fingerprint density at radius 1 is 1.29 bits per heavy atom. The van der Waals surface area contributed by atoms with Gasteiger partial charge in [-0.2, -0.15) is 0 Å². The van der Waals surface area contributed by atoms with Gasteiger partial charge in [0, 0.05) is 17.1 Å². The second kappa shape index (κ2) is 9.79. The normalized spacial score (nSPS) is 15.3. The topological polar surface area (TPSA) is 64.0 Å². The van der Waals surface area contributed by atoms with E-state index < -0.39 is 0 Å². The number of halogens is 1. The van der Waals surface area contributed by atoms with Crippen LogP contribution in [-0.2, 0) is 4.79 Å². The summed E-state index contributed by atoms with van der Waals surface area (Å²) in [6.45, 7) is 4.13. The summed E-state index contributed by atoms with van der Waals surface area (Å²) in [6, 6.07) is 5.54. The van der Waals surface area contributed by atoms with Crippen LogP contribution in [0.3, 0.4) is 0 Å². The molecule has 1 aromatic carbocycles. The van der Waals surface area contributed by atoms with Crippen molar-refractivity contribution in [1.82, 2.24) is 14.9 Å². The van der Waals surface area contributed by atoms with E-state index in [1.54, 1.807) is 18.2 Å². The monoisotopic (exact) mass is 421 g/mol. The third-order valence-corrected chi connectivity index (χ3v) is 6.64. The maximum absolute atomic E-state index is 13.2. The van der Waals surface area contributed by atoms with Crippen LogP contribution in [0.15, 0.2) is 28.2 Å². The van der Waals surface area contributed by atoms with Crippen LogP contribution in [-0.4, -0.2) is 27.3 Å². The third-order valence-electron chi connectivity index (χ3n) is 5.45. The standard InChI is InChI=1S/C21H28ClN3O2S/c1-3-15(4-2)23-19(26)13-28-21-24-18-12-14(22)10-11-17(18)20(27)25(21)16-8-6-5-7-9-16/h10-12,15-16H,3-9,13H2,1-2H3,(H,23,26). The van der Waals surface area contributed by atoms with Gasteiger partial charge in [-0.25, -0.2) is 4.98 Å². The van der Waals surface area contributed by atoms with E-state index in [9.17, 15) is 9.59 Å². The molecule has 0 spiro atoms. The molecule has 1 aromatic heterocycles. The first-order valence-electron chi connectivity index (χ1n) is 10.2. The predicted octanol–water partition coefficient (Wildman–Crippen LogP) is 4.95. The lowest BCUT2D eigenvalue weighted by atomic mass is 9.95. The van der Waals surface area contributed by atoms with E-state index in [2.05, 4.69) is 19.2 Å². The smallest absolute Gasteiger partial charge is 0.262 e. The largest absolute Gasteiger partial charge is 0.353 e. The molecule has 1 saturated carbocycles. The van der Waals surface area contributed by atoms with Crippen LogP contribution in [0.2, 0.25) is 5.02 Å². The lowest BCUT2D eigenvalue weighted by Crippen LogP contribution is -2.35. The molecule has 28 heavy (non-hydrogen) atoms. The van der Waals surface area contributed by atoms with Gasteiger partial charge < -0.3 is 5.32 Å². The molecule has 1 fully saturated rings. The van der Waals surface area contributed by atoms with Crippen LogP contribution in [0.5, 0.6) is 0 Å². The number of aromatic nitrogens is 2. The average Bonchev–Trinajstić information content (AvgIpc) is 2.70. The number of carbonyl (C=O) groups is 1. The van der Waals surface area contributed by atoms with E-state index in [1.807, 2.05) is 4.57 Å². The van der Waals surface area contributed by atoms with E-state index in [4.69, 9.17) is 16.6 Å². The number of fused-ring (bicyclic) bond motifs is 1. The molecule has 1 N–H and O–H groups in total. The van der Waals surface area contributed by atoms with Crippen LogP contribution < -0.4 is 10.9 Å². The highest BCUT2D eigenvalue weighted by atomic mass is 35.5. The van der Waals surface area contributed by atoms with Gasteiger partial charge >= 0.3 is 0 Å². The fourth-order valence-electron chi connectivity index (χ4n) is 3.81. The molecule has 0 aliphatic heterocycles. The highest BCUT2D eigenvalue weighted by molar-refractivity contribution is 7.99. The van der Waals surface area contributed by atoms with Crippen molar-refractivity contribution in [2.45, 2.75) is 76.0 Å². The Bertz CT molecular complexity index is 889. The van der Waals surface area contributed by atoms with Gasteiger partial charge in [0.25, 0.3) is 5.56 Å². The maximum Gasteiger partial charge on any atom is 0.262 e. The number of hydrogen-bond acceptors (Lipinski definition) is 4. The Kier molecular flexibility index (Phi) is 7.41. The molecule has 0 atom stereocenters. The first-order chi connectivity index (χ1) is 13.5. The summed E-state index contributed by atoms with van der Waals surface area (Å²) in [5.41, 5.74) is 0.559. The summed E-state index contributed by atoms with van der Waals surface area (Å²) in [7, 11) is 0. The Morgan fingerprint density at radius 2 is 2.00 bits per heavy atom. The summed E-state index contributed by atoms with van der Waals surface area (Å²) >= 11 is 7.45. The van der Waals surface area contributed by atoms with Crippen molar-refractivity contribution in [3.8, 4) is 0 Å². The summed E-state index contributed by atoms with van der Waals surface area (Å²) in [6.07, 6.45) is 7.23. The summed E-state index contributed by atoms with van der Waals surface area (Å²) in [5.74, 6) is 0.233. The summed E-state index contributed by atoms with van der Waals surface area (Å²) in [4.78, 5) is 30.3. The summed E-state index contributed by atoms with van der Waals surface area (Å²) in [5, 5.41) is 4.80. The van der Waals surface area contributed by atoms with E-state index in [-0.39, 0.29) is 29.3 Å². The number of carbonyl (C=O) groups excluding carboxylic acids is 1. The molecule has 7 heteroatoms. The van der Waals surface area contributed by atoms with Gasteiger partial charge in [0.15, 0.2) is 5.16 Å². The van der Waals surface area contributed by atoms with E-state index in [0.29, 0.717) is 21.1 Å². The highest BCUT2D eigenvalue weighted by Crippen LogP contribution is 2.31. The highest BCUT2D eigenvalue weighted by Gasteiger charge is 2.22. The van der Waals surface area contributed by atoms with Crippen LogP contribution in [0.4, 0.5) is 0 Å². The summed E-state index contributed by atoms with van der Waals surface area (Å²) < 4.78 is 1.82. The second-order valence-corrected chi connectivity index (χ2v) is 8.77. The minimum absolute atomic E-state index is 0.0191. The number of benzene rings is 1. The van der Waals surface area contributed by atoms with Crippen molar-refractivity contribution in [1.29, 1.82) is 0 Å². The lowest BCUT2D eigenvalue weighted by molar-refractivity contribution is -0.119. The molecule has 0 saturated heterocycles. The minimum Gasteiger partial charge on any atom is -0.353 e. The molecule has 152 valence electrons. The van der Waals surface area contributed by atoms with Gasteiger partial charge in [0.1, 0.15) is 0 Å². The average molecular weight is 422 g/mol. The lowest BCUT2D eigenvalue weighted by Gasteiger charge is -2.26. The predicted molar refractivity (Wildman–Crippen MR) is 116 cm³/mol. The van der Waals surface area contributed by atoms with E-state index in [1.165, 1.54) is 18.2 Å². The maximum atomic E-state index is 13.2. The zero-order valence-corrected chi connectivity index (χ0v) is 18.1. The SMILES string of the molecule is CCC(CC)NC(=O)CSc1nc2cc(Cl)ccc2c(=O)n1C1CCCCC1. The van der Waals surface area contributed by atoms with Gasteiger partial charge in [-0.15, -0.1) is 0 Å². The molecule has 3 rings (SSSR count). The quantitative estimate of drug-likeness (QED) is 0.507. The molecule has 1 heterocycles. The molecule has 0 unspecified atom stereocenters. The first kappa shape index (κ1) is 21.2. The molecular weight excluding hydrogens is 394 g/mol. The fourth-order valence-corrected chi connectivity index (χ4v) is 4.85.